The van der Waals surface area contributed by atoms with Crippen LogP contribution < -0.4 is 5.32 Å². The molecular formula is C29H31BrCl2N2O2S. The van der Waals surface area contributed by atoms with E-state index in [4.69, 9.17) is 23.2 Å². The van der Waals surface area contributed by atoms with E-state index < -0.39 is 6.04 Å². The largest absolute Gasteiger partial charge is 0.354 e. The summed E-state index contributed by atoms with van der Waals surface area (Å²) in [7, 11) is 0. The minimum Gasteiger partial charge on any atom is -0.354 e. The van der Waals surface area contributed by atoms with Crippen molar-refractivity contribution in [3.63, 3.8) is 0 Å². The van der Waals surface area contributed by atoms with E-state index in [0.717, 1.165) is 34.0 Å². The average molecular weight is 622 g/mol. The highest BCUT2D eigenvalue weighted by Crippen LogP contribution is 2.25. The number of hydrogen-bond donors (Lipinski definition) is 1. The molecule has 0 unspecified atom stereocenters. The summed E-state index contributed by atoms with van der Waals surface area (Å²) in [5.74, 6) is 0.708. The molecular weight excluding hydrogens is 591 g/mol. The van der Waals surface area contributed by atoms with E-state index in [1.54, 1.807) is 17.0 Å². The number of carbonyl (C=O) groups is 2. The van der Waals surface area contributed by atoms with Crippen LogP contribution in [-0.2, 0) is 28.3 Å². The van der Waals surface area contributed by atoms with Crippen LogP contribution in [0.25, 0.3) is 0 Å². The Labute approximate surface area is 242 Å². The molecule has 37 heavy (non-hydrogen) atoms. The van der Waals surface area contributed by atoms with Gasteiger partial charge in [-0.2, -0.15) is 0 Å². The topological polar surface area (TPSA) is 49.4 Å². The Balaban J connectivity index is 1.84. The van der Waals surface area contributed by atoms with Gasteiger partial charge in [0.2, 0.25) is 11.8 Å². The molecule has 2 amide bonds. The number of rotatable bonds is 13. The third-order valence-corrected chi connectivity index (χ3v) is 8.10. The van der Waals surface area contributed by atoms with E-state index in [1.165, 1.54) is 11.8 Å². The second-order valence-corrected chi connectivity index (χ2v) is 11.5. The number of unbranched alkanes of at least 4 members (excludes halogenated alkanes) is 1. The Kier molecular flexibility index (Phi) is 12.3. The monoisotopic (exact) mass is 620 g/mol. The molecule has 196 valence electrons. The molecule has 3 rings (SSSR count). The van der Waals surface area contributed by atoms with Gasteiger partial charge in [-0.15, -0.1) is 11.8 Å². The molecule has 0 fully saturated rings. The summed E-state index contributed by atoms with van der Waals surface area (Å²) >= 11 is 17.4. The van der Waals surface area contributed by atoms with Gasteiger partial charge in [-0.25, -0.2) is 0 Å². The van der Waals surface area contributed by atoms with E-state index in [2.05, 4.69) is 28.2 Å². The number of thioether (sulfide) groups is 1. The molecule has 1 N–H and O–H groups in total. The van der Waals surface area contributed by atoms with Crippen LogP contribution in [-0.4, -0.2) is 35.1 Å². The fourth-order valence-electron chi connectivity index (χ4n) is 3.81. The Hall–Kier alpha value is -1.99. The first kappa shape index (κ1) is 29.6. The van der Waals surface area contributed by atoms with Crippen molar-refractivity contribution in [1.29, 1.82) is 0 Å². The highest BCUT2D eigenvalue weighted by Gasteiger charge is 2.30. The molecule has 3 aromatic carbocycles. The van der Waals surface area contributed by atoms with Crippen LogP contribution in [0.3, 0.4) is 0 Å². The SMILES string of the molecule is CCCCNC(=O)[C@@H](Cc1ccccc1)N(Cc1ccc(Cl)c(Cl)c1)C(=O)CSCc1ccc(Br)cc1. The molecule has 4 nitrogen and oxygen atoms in total. The highest BCUT2D eigenvalue weighted by molar-refractivity contribution is 9.10. The van der Waals surface area contributed by atoms with Crippen molar-refractivity contribution in [2.45, 2.75) is 44.5 Å². The van der Waals surface area contributed by atoms with Crippen LogP contribution in [0.15, 0.2) is 77.3 Å². The van der Waals surface area contributed by atoms with Gasteiger partial charge < -0.3 is 10.2 Å². The molecule has 0 saturated carbocycles. The molecule has 0 bridgehead atoms. The summed E-state index contributed by atoms with van der Waals surface area (Å²) in [6.45, 7) is 2.91. The molecule has 0 aliphatic heterocycles. The summed E-state index contributed by atoms with van der Waals surface area (Å²) < 4.78 is 1.02. The lowest BCUT2D eigenvalue weighted by Gasteiger charge is -2.31. The maximum Gasteiger partial charge on any atom is 0.243 e. The van der Waals surface area contributed by atoms with Crippen LogP contribution in [0.2, 0.25) is 10.0 Å². The maximum atomic E-state index is 13.7. The Morgan fingerprint density at radius 2 is 1.65 bits per heavy atom. The van der Waals surface area contributed by atoms with Crippen molar-refractivity contribution >= 4 is 62.7 Å². The molecule has 3 aromatic rings. The smallest absolute Gasteiger partial charge is 0.243 e. The van der Waals surface area contributed by atoms with Crippen LogP contribution in [0.5, 0.6) is 0 Å². The third kappa shape index (κ3) is 9.68. The molecule has 8 heteroatoms. The lowest BCUT2D eigenvalue weighted by atomic mass is 10.0. The van der Waals surface area contributed by atoms with Crippen molar-refractivity contribution in [3.8, 4) is 0 Å². The van der Waals surface area contributed by atoms with Gasteiger partial charge in [-0.05, 0) is 47.4 Å². The Morgan fingerprint density at radius 3 is 2.32 bits per heavy atom. The van der Waals surface area contributed by atoms with Gasteiger partial charge in [-0.1, -0.05) is 101 Å². The number of hydrogen-bond acceptors (Lipinski definition) is 3. The number of halogens is 3. The molecule has 0 aliphatic rings. The minimum atomic E-state index is -0.658. The standard InChI is InChI=1S/C29H31BrCl2N2O2S/c1-2-3-15-33-29(36)27(17-21-7-5-4-6-8-21)34(18-23-11-14-25(31)26(32)16-23)28(35)20-37-19-22-9-12-24(30)13-10-22/h4-14,16,27H,2-3,15,17-20H2,1H3,(H,33,36)/t27-/m1/s1. The van der Waals surface area contributed by atoms with E-state index in [1.807, 2.05) is 60.7 Å². The average Bonchev–Trinajstić information content (AvgIpc) is 2.90. The summed E-state index contributed by atoms with van der Waals surface area (Å²) in [6, 6.07) is 22.5. The molecule has 0 aromatic heterocycles. The zero-order chi connectivity index (χ0) is 26.6. The number of nitrogens with one attached hydrogen (secondary N) is 1. The number of benzene rings is 3. The highest BCUT2D eigenvalue weighted by atomic mass is 79.9. The zero-order valence-corrected chi connectivity index (χ0v) is 24.7. The fraction of sp³-hybridized carbons (Fsp3) is 0.310. The second kappa shape index (κ2) is 15.4. The van der Waals surface area contributed by atoms with Gasteiger partial charge in [0, 0.05) is 29.7 Å². The van der Waals surface area contributed by atoms with Crippen LogP contribution in [0.4, 0.5) is 0 Å². The van der Waals surface area contributed by atoms with Crippen molar-refractivity contribution < 1.29 is 9.59 Å². The van der Waals surface area contributed by atoms with Gasteiger partial charge in [0.25, 0.3) is 0 Å². The molecule has 0 radical (unpaired) electrons. The van der Waals surface area contributed by atoms with Gasteiger partial charge >= 0.3 is 0 Å². The van der Waals surface area contributed by atoms with Gasteiger partial charge in [0.15, 0.2) is 0 Å². The maximum absolute atomic E-state index is 13.7. The summed E-state index contributed by atoms with van der Waals surface area (Å²) in [5.41, 5.74) is 2.95. The number of carbonyl (C=O) groups excluding carboxylic acids is 2. The van der Waals surface area contributed by atoms with Gasteiger partial charge in [0.05, 0.1) is 15.8 Å². The lowest BCUT2D eigenvalue weighted by molar-refractivity contribution is -0.139. The van der Waals surface area contributed by atoms with Gasteiger partial charge in [0.1, 0.15) is 6.04 Å². The van der Waals surface area contributed by atoms with E-state index in [-0.39, 0.29) is 24.1 Å². The van der Waals surface area contributed by atoms with Crippen molar-refractivity contribution in [1.82, 2.24) is 10.2 Å². The first-order valence-electron chi connectivity index (χ1n) is 12.2. The molecule has 0 saturated heterocycles. The van der Waals surface area contributed by atoms with Crippen molar-refractivity contribution in [2.24, 2.45) is 0 Å². The lowest BCUT2D eigenvalue weighted by Crippen LogP contribution is -2.51. The summed E-state index contributed by atoms with van der Waals surface area (Å²) in [5, 5.41) is 3.91. The first-order chi connectivity index (χ1) is 17.9. The molecule has 0 heterocycles. The summed E-state index contributed by atoms with van der Waals surface area (Å²) in [6.07, 6.45) is 2.28. The van der Waals surface area contributed by atoms with E-state index >= 15 is 0 Å². The molecule has 1 atom stereocenters. The van der Waals surface area contributed by atoms with Crippen LogP contribution in [0.1, 0.15) is 36.5 Å². The summed E-state index contributed by atoms with van der Waals surface area (Å²) in [4.78, 5) is 28.8. The molecule has 0 aliphatic carbocycles. The van der Waals surface area contributed by atoms with E-state index in [9.17, 15) is 9.59 Å². The fourth-order valence-corrected chi connectivity index (χ4v) is 5.27. The van der Waals surface area contributed by atoms with Crippen molar-refractivity contribution in [3.05, 3.63) is 104 Å². The van der Waals surface area contributed by atoms with Crippen LogP contribution in [0, 0.1) is 0 Å². The Bertz CT molecular complexity index is 1160. The third-order valence-electron chi connectivity index (χ3n) is 5.85. The van der Waals surface area contributed by atoms with Crippen molar-refractivity contribution in [2.75, 3.05) is 12.3 Å². The normalized spacial score (nSPS) is 11.7. The quantitative estimate of drug-likeness (QED) is 0.201. The van der Waals surface area contributed by atoms with E-state index in [0.29, 0.717) is 28.8 Å². The van der Waals surface area contributed by atoms with Gasteiger partial charge in [-0.3, -0.25) is 9.59 Å². The number of nitrogens with zero attached hydrogens (tertiary/aromatic N) is 1. The van der Waals surface area contributed by atoms with Crippen LogP contribution >= 0.6 is 50.9 Å². The first-order valence-corrected chi connectivity index (χ1v) is 14.9. The zero-order valence-electron chi connectivity index (χ0n) is 20.8. The second-order valence-electron chi connectivity index (χ2n) is 8.74. The minimum absolute atomic E-state index is 0.0974. The predicted octanol–water partition coefficient (Wildman–Crippen LogP) is 7.55. The number of amides is 2. The molecule has 0 spiro atoms. The Morgan fingerprint density at radius 1 is 0.946 bits per heavy atom. The predicted molar refractivity (Wildman–Crippen MR) is 159 cm³/mol.